The highest BCUT2D eigenvalue weighted by Gasteiger charge is 2.26. The van der Waals surface area contributed by atoms with Crippen LogP contribution in [0, 0.1) is 20.8 Å². The predicted octanol–water partition coefficient (Wildman–Crippen LogP) is 4.59. The number of rotatable bonds is 4. The summed E-state index contributed by atoms with van der Waals surface area (Å²) in [5, 5.41) is 3.71. The van der Waals surface area contributed by atoms with Gasteiger partial charge in [-0.2, -0.15) is 4.31 Å². The summed E-state index contributed by atoms with van der Waals surface area (Å²) >= 11 is 0. The van der Waals surface area contributed by atoms with Crippen LogP contribution >= 0.6 is 0 Å². The van der Waals surface area contributed by atoms with Crippen LogP contribution in [0.4, 0.5) is 5.69 Å². The molecule has 6 nitrogen and oxygen atoms in total. The van der Waals surface area contributed by atoms with Gasteiger partial charge >= 0.3 is 0 Å². The molecule has 0 bridgehead atoms. The van der Waals surface area contributed by atoms with Gasteiger partial charge in [-0.15, -0.1) is 0 Å². The summed E-state index contributed by atoms with van der Waals surface area (Å²) in [4.78, 5) is 17.9. The minimum Gasteiger partial charge on any atom is -0.322 e. The summed E-state index contributed by atoms with van der Waals surface area (Å²) in [6.07, 6.45) is 2.81. The number of benzene rings is 2. The highest BCUT2D eigenvalue weighted by Crippen LogP contribution is 2.27. The maximum absolute atomic E-state index is 13.2. The number of pyridine rings is 1. The second-order valence-corrected chi connectivity index (χ2v) is 10.2. The number of hydrogen-bond acceptors (Lipinski definition) is 4. The lowest BCUT2D eigenvalue weighted by Gasteiger charge is -2.26. The first-order valence-electron chi connectivity index (χ1n) is 10.6. The van der Waals surface area contributed by atoms with Crippen molar-refractivity contribution in [3.63, 3.8) is 0 Å². The summed E-state index contributed by atoms with van der Waals surface area (Å²) in [7, 11) is -3.58. The van der Waals surface area contributed by atoms with E-state index >= 15 is 0 Å². The van der Waals surface area contributed by atoms with Gasteiger partial charge in [-0.25, -0.2) is 8.42 Å². The third-order valence-electron chi connectivity index (χ3n) is 5.75. The smallest absolute Gasteiger partial charge is 0.256 e. The number of carbonyl (C=O) groups is 1. The summed E-state index contributed by atoms with van der Waals surface area (Å²) in [5.74, 6) is -0.281. The number of fused-ring (bicyclic) bond motifs is 1. The molecule has 1 N–H and O–H groups in total. The second-order valence-electron chi connectivity index (χ2n) is 8.23. The maximum atomic E-state index is 13.2. The Balaban J connectivity index is 1.69. The van der Waals surface area contributed by atoms with Crippen molar-refractivity contribution in [2.24, 2.45) is 0 Å². The monoisotopic (exact) mass is 437 g/mol. The van der Waals surface area contributed by atoms with Gasteiger partial charge in [-0.3, -0.25) is 9.78 Å². The van der Waals surface area contributed by atoms with Crippen molar-refractivity contribution < 1.29 is 13.2 Å². The van der Waals surface area contributed by atoms with Crippen LogP contribution < -0.4 is 5.32 Å². The summed E-state index contributed by atoms with van der Waals surface area (Å²) < 4.78 is 27.7. The molecule has 1 aliphatic heterocycles. The van der Waals surface area contributed by atoms with Crippen molar-refractivity contribution in [1.82, 2.24) is 9.29 Å². The molecule has 31 heavy (non-hydrogen) atoms. The van der Waals surface area contributed by atoms with Gasteiger partial charge in [0.1, 0.15) is 0 Å². The van der Waals surface area contributed by atoms with E-state index in [9.17, 15) is 13.2 Å². The number of amides is 1. The van der Waals surface area contributed by atoms with Crippen LogP contribution in [-0.4, -0.2) is 36.7 Å². The van der Waals surface area contributed by atoms with Gasteiger partial charge in [0.2, 0.25) is 10.0 Å². The van der Waals surface area contributed by atoms with E-state index in [-0.39, 0.29) is 10.8 Å². The Hall–Kier alpha value is -2.77. The number of sulfonamides is 1. The molecule has 162 valence electrons. The highest BCUT2D eigenvalue weighted by atomic mass is 32.2. The molecular weight excluding hydrogens is 410 g/mol. The fourth-order valence-corrected chi connectivity index (χ4v) is 5.54. The van der Waals surface area contributed by atoms with Crippen molar-refractivity contribution in [2.75, 3.05) is 18.4 Å². The van der Waals surface area contributed by atoms with E-state index in [2.05, 4.69) is 10.3 Å². The number of aryl methyl sites for hydroxylation is 3. The first-order valence-corrected chi connectivity index (χ1v) is 12.0. The van der Waals surface area contributed by atoms with Gasteiger partial charge in [-0.1, -0.05) is 24.1 Å². The SMILES string of the molecule is Cc1ccc2nc(C)cc(C(=O)Nc3cc(S(=O)(=O)N4CCCCC4)ccc3C)c2c1. The number of nitrogens with zero attached hydrogens (tertiary/aromatic N) is 2. The van der Waals surface area contributed by atoms with Crippen LogP contribution in [0.1, 0.15) is 46.4 Å². The fourth-order valence-electron chi connectivity index (χ4n) is 4.00. The van der Waals surface area contributed by atoms with Crippen LogP contribution in [0.15, 0.2) is 47.4 Å². The van der Waals surface area contributed by atoms with Crippen LogP contribution in [0.25, 0.3) is 10.9 Å². The van der Waals surface area contributed by atoms with Gasteiger partial charge < -0.3 is 5.32 Å². The zero-order chi connectivity index (χ0) is 22.2. The van der Waals surface area contributed by atoms with Gasteiger partial charge in [0.25, 0.3) is 5.91 Å². The molecule has 4 rings (SSSR count). The lowest BCUT2D eigenvalue weighted by Crippen LogP contribution is -2.35. The molecule has 1 amide bonds. The van der Waals surface area contributed by atoms with Crippen molar-refractivity contribution >= 4 is 32.5 Å². The van der Waals surface area contributed by atoms with Crippen molar-refractivity contribution in [2.45, 2.75) is 44.9 Å². The first kappa shape index (κ1) is 21.5. The molecule has 0 unspecified atom stereocenters. The Morgan fingerprint density at radius 3 is 2.45 bits per heavy atom. The van der Waals surface area contributed by atoms with Gasteiger partial charge in [0, 0.05) is 29.9 Å². The van der Waals surface area contributed by atoms with Gasteiger partial charge in [-0.05, 0) is 69.5 Å². The van der Waals surface area contributed by atoms with E-state index in [0.29, 0.717) is 24.3 Å². The highest BCUT2D eigenvalue weighted by molar-refractivity contribution is 7.89. The Kier molecular flexibility index (Phi) is 5.81. The predicted molar refractivity (Wildman–Crippen MR) is 123 cm³/mol. The summed E-state index contributed by atoms with van der Waals surface area (Å²) in [6, 6.07) is 12.5. The fraction of sp³-hybridized carbons (Fsp3) is 0.333. The largest absolute Gasteiger partial charge is 0.322 e. The minimum absolute atomic E-state index is 0.210. The Labute approximate surface area is 183 Å². The summed E-state index contributed by atoms with van der Waals surface area (Å²) in [6.45, 7) is 6.76. The Bertz CT molecular complexity index is 1260. The molecule has 1 fully saturated rings. The quantitative estimate of drug-likeness (QED) is 0.648. The lowest BCUT2D eigenvalue weighted by molar-refractivity contribution is 0.102. The third-order valence-corrected chi connectivity index (χ3v) is 7.64. The molecule has 1 aliphatic rings. The van der Waals surface area contributed by atoms with Crippen molar-refractivity contribution in [1.29, 1.82) is 0 Å². The number of carbonyl (C=O) groups excluding carboxylic acids is 1. The number of piperidine rings is 1. The number of aromatic nitrogens is 1. The van der Waals surface area contributed by atoms with E-state index in [1.807, 2.05) is 39.0 Å². The van der Waals surface area contributed by atoms with Crippen LogP contribution in [0.5, 0.6) is 0 Å². The van der Waals surface area contributed by atoms with Crippen LogP contribution in [0.2, 0.25) is 0 Å². The Morgan fingerprint density at radius 2 is 1.71 bits per heavy atom. The molecule has 0 atom stereocenters. The molecule has 0 aliphatic carbocycles. The maximum Gasteiger partial charge on any atom is 0.256 e. The topological polar surface area (TPSA) is 79.4 Å². The minimum atomic E-state index is -3.58. The molecule has 7 heteroatoms. The van der Waals surface area contributed by atoms with Crippen LogP contribution in [0.3, 0.4) is 0 Å². The molecule has 1 saturated heterocycles. The molecule has 2 heterocycles. The zero-order valence-electron chi connectivity index (χ0n) is 18.1. The average Bonchev–Trinajstić information content (AvgIpc) is 2.75. The number of nitrogens with one attached hydrogen (secondary N) is 1. The summed E-state index contributed by atoms with van der Waals surface area (Å²) in [5.41, 5.74) is 4.37. The molecular formula is C24H27N3O3S. The first-order chi connectivity index (χ1) is 14.8. The van der Waals surface area contributed by atoms with E-state index < -0.39 is 10.0 Å². The molecule has 0 spiro atoms. The molecule has 3 aromatic rings. The zero-order valence-corrected chi connectivity index (χ0v) is 18.9. The third kappa shape index (κ3) is 4.34. The molecule has 0 radical (unpaired) electrons. The van der Waals surface area contributed by atoms with E-state index in [1.54, 1.807) is 24.3 Å². The molecule has 0 saturated carbocycles. The molecule has 2 aromatic carbocycles. The Morgan fingerprint density at radius 1 is 0.968 bits per heavy atom. The molecule has 1 aromatic heterocycles. The lowest BCUT2D eigenvalue weighted by atomic mass is 10.0. The standard InChI is InChI=1S/C24H27N3O3S/c1-16-7-10-22-20(13-16)21(14-18(3)25-22)24(28)26-23-15-19(9-8-17(23)2)31(29,30)27-11-5-4-6-12-27/h7-10,13-15H,4-6,11-12H2,1-3H3,(H,26,28). The number of anilines is 1. The normalized spacial score (nSPS) is 15.2. The van der Waals surface area contributed by atoms with E-state index in [1.165, 1.54) is 4.31 Å². The second kappa shape index (κ2) is 8.40. The number of hydrogen-bond donors (Lipinski definition) is 1. The van der Waals surface area contributed by atoms with Crippen molar-refractivity contribution in [3.05, 3.63) is 64.8 Å². The van der Waals surface area contributed by atoms with Gasteiger partial charge in [0.15, 0.2) is 0 Å². The van der Waals surface area contributed by atoms with E-state index in [0.717, 1.165) is 47.0 Å². The van der Waals surface area contributed by atoms with Gasteiger partial charge in [0.05, 0.1) is 16.0 Å². The average molecular weight is 438 g/mol. The van der Waals surface area contributed by atoms with Crippen molar-refractivity contribution in [3.8, 4) is 0 Å². The van der Waals surface area contributed by atoms with Crippen LogP contribution in [-0.2, 0) is 10.0 Å². The van der Waals surface area contributed by atoms with E-state index in [4.69, 9.17) is 0 Å².